The molecule has 0 fully saturated rings. The number of fused-ring (bicyclic) bond motifs is 10. The van der Waals surface area contributed by atoms with E-state index in [4.69, 9.17) is 9.15 Å². The van der Waals surface area contributed by atoms with Gasteiger partial charge in [-0.3, -0.25) is 0 Å². The summed E-state index contributed by atoms with van der Waals surface area (Å²) in [5.41, 5.74) is 19.4. The van der Waals surface area contributed by atoms with E-state index < -0.39 is 0 Å². The Hall–Kier alpha value is -7.76. The van der Waals surface area contributed by atoms with Gasteiger partial charge in [-0.05, 0) is 105 Å². The summed E-state index contributed by atoms with van der Waals surface area (Å²) in [5, 5.41) is 4.78. The number of rotatable bonds is 7. The summed E-state index contributed by atoms with van der Waals surface area (Å²) in [6.07, 6.45) is 2.96. The van der Waals surface area contributed by atoms with E-state index in [1.54, 1.807) is 0 Å². The number of aromatic nitrogens is 1. The zero-order valence-electron chi connectivity index (χ0n) is 38.3. The molecule has 0 radical (unpaired) electrons. The number of benzene rings is 9. The van der Waals surface area contributed by atoms with Crippen LogP contribution in [0.2, 0.25) is 0 Å². The molecule has 4 nitrogen and oxygen atoms in total. The van der Waals surface area contributed by atoms with Crippen LogP contribution in [0, 0.1) is 0 Å². The van der Waals surface area contributed by atoms with Crippen molar-refractivity contribution < 1.29 is 9.15 Å². The second-order valence-corrected chi connectivity index (χ2v) is 19.5. The second-order valence-electron chi connectivity index (χ2n) is 19.5. The molecule has 0 N–H and O–H groups in total. The van der Waals surface area contributed by atoms with Crippen LogP contribution in [0.3, 0.4) is 0 Å². The van der Waals surface area contributed by atoms with Crippen molar-refractivity contribution in [1.29, 1.82) is 0 Å². The van der Waals surface area contributed by atoms with Crippen molar-refractivity contribution in [1.82, 2.24) is 4.57 Å². The Balaban J connectivity index is 1.13. The number of furan rings is 1. The van der Waals surface area contributed by atoms with Crippen molar-refractivity contribution in [3.05, 3.63) is 199 Å². The molecule has 2 aliphatic rings. The molecule has 0 amide bonds. The molecule has 9 aromatic carbocycles. The zero-order chi connectivity index (χ0) is 45.0. The first-order chi connectivity index (χ1) is 32.8. The van der Waals surface area contributed by atoms with Crippen LogP contribution in [-0.4, -0.2) is 11.3 Å². The summed E-state index contributed by atoms with van der Waals surface area (Å²) in [6.45, 7) is 9.12. The molecule has 0 saturated carbocycles. The predicted octanol–water partition coefficient (Wildman–Crippen LogP) is 15.1. The number of hydrogen-bond acceptors (Lipinski definition) is 3. The molecule has 2 aliphatic heterocycles. The summed E-state index contributed by atoms with van der Waals surface area (Å²) in [7, 11) is 0. The Morgan fingerprint density at radius 2 is 1.21 bits per heavy atom. The quantitative estimate of drug-likeness (QED) is 0.150. The highest BCUT2D eigenvalue weighted by molar-refractivity contribution is 6.99. The third-order valence-electron chi connectivity index (χ3n) is 14.4. The van der Waals surface area contributed by atoms with E-state index >= 15 is 0 Å². The maximum Gasteiger partial charge on any atom is 0.256 e. The number of hydrogen-bond donors (Lipinski definition) is 0. The number of para-hydroxylation sites is 3. The van der Waals surface area contributed by atoms with Gasteiger partial charge in [-0.1, -0.05) is 168 Å². The van der Waals surface area contributed by atoms with Crippen LogP contribution < -0.4 is 26.0 Å². The first kappa shape index (κ1) is 39.6. The molecule has 2 aromatic heterocycles. The Kier molecular flexibility index (Phi) is 8.95. The van der Waals surface area contributed by atoms with Crippen LogP contribution in [0.5, 0.6) is 11.5 Å². The monoisotopic (exact) mass is 864 g/mol. The first-order valence-electron chi connectivity index (χ1n) is 23.8. The highest BCUT2D eigenvalue weighted by Gasteiger charge is 2.44. The number of ether oxygens (including phenoxy) is 1. The van der Waals surface area contributed by atoms with Gasteiger partial charge in [0.1, 0.15) is 22.7 Å². The minimum atomic E-state index is -0.172. The van der Waals surface area contributed by atoms with Gasteiger partial charge in [0.05, 0.1) is 16.7 Å². The molecule has 322 valence electrons. The van der Waals surface area contributed by atoms with Gasteiger partial charge in [0, 0.05) is 55.8 Å². The van der Waals surface area contributed by atoms with Crippen molar-refractivity contribution in [2.24, 2.45) is 0 Å². The minimum Gasteiger partial charge on any atom is -0.458 e. The largest absolute Gasteiger partial charge is 0.458 e. The molecule has 67 heavy (non-hydrogen) atoms. The number of aryl methyl sites for hydroxylation is 1. The molecular weight excluding hydrogens is 816 g/mol. The maximum absolute atomic E-state index is 7.40. The van der Waals surface area contributed by atoms with E-state index in [-0.39, 0.29) is 12.1 Å². The molecule has 0 spiro atoms. The molecule has 13 rings (SSSR count). The summed E-state index contributed by atoms with van der Waals surface area (Å²) < 4.78 is 16.8. The lowest BCUT2D eigenvalue weighted by Gasteiger charge is -2.42. The zero-order valence-corrected chi connectivity index (χ0v) is 38.3. The fourth-order valence-electron chi connectivity index (χ4n) is 11.2. The summed E-state index contributed by atoms with van der Waals surface area (Å²) in [6, 6.07) is 69.0. The van der Waals surface area contributed by atoms with Gasteiger partial charge in [-0.2, -0.15) is 0 Å². The number of unbranched alkanes of at least 4 members (excludes halogenated alkanes) is 1. The lowest BCUT2D eigenvalue weighted by Crippen LogP contribution is -2.59. The molecule has 5 heteroatoms. The second kappa shape index (κ2) is 15.1. The Morgan fingerprint density at radius 3 is 1.93 bits per heavy atom. The molecule has 4 heterocycles. The van der Waals surface area contributed by atoms with E-state index in [1.807, 2.05) is 0 Å². The number of anilines is 3. The summed E-state index contributed by atoms with van der Waals surface area (Å²) in [4.78, 5) is 2.59. The lowest BCUT2D eigenvalue weighted by atomic mass is 9.34. The summed E-state index contributed by atoms with van der Waals surface area (Å²) in [5.74, 6) is 1.79. The van der Waals surface area contributed by atoms with Crippen molar-refractivity contribution >= 4 is 83.9 Å². The van der Waals surface area contributed by atoms with Crippen molar-refractivity contribution in [2.45, 2.75) is 52.4 Å². The van der Waals surface area contributed by atoms with E-state index in [0.29, 0.717) is 0 Å². The van der Waals surface area contributed by atoms with Gasteiger partial charge in [0.2, 0.25) is 0 Å². The van der Waals surface area contributed by atoms with E-state index in [1.165, 1.54) is 77.5 Å². The average molecular weight is 865 g/mol. The predicted molar refractivity (Wildman–Crippen MR) is 282 cm³/mol. The van der Waals surface area contributed by atoms with Crippen molar-refractivity contribution in [3.8, 4) is 39.4 Å². The third kappa shape index (κ3) is 6.14. The van der Waals surface area contributed by atoms with Gasteiger partial charge in [-0.15, -0.1) is 0 Å². The van der Waals surface area contributed by atoms with Crippen LogP contribution in [0.15, 0.2) is 192 Å². The van der Waals surface area contributed by atoms with Crippen LogP contribution in [-0.2, 0) is 11.8 Å². The minimum absolute atomic E-state index is 0.0981. The maximum atomic E-state index is 7.40. The van der Waals surface area contributed by atoms with Crippen LogP contribution in [0.1, 0.15) is 51.7 Å². The molecule has 0 unspecified atom stereocenters. The molecule has 0 saturated heterocycles. The van der Waals surface area contributed by atoms with Crippen LogP contribution in [0.4, 0.5) is 17.1 Å². The van der Waals surface area contributed by atoms with Gasteiger partial charge < -0.3 is 18.6 Å². The van der Waals surface area contributed by atoms with Gasteiger partial charge in [0.15, 0.2) is 0 Å². The Bertz CT molecular complexity index is 3710. The van der Waals surface area contributed by atoms with Gasteiger partial charge in [-0.25, -0.2) is 0 Å². The van der Waals surface area contributed by atoms with Crippen LogP contribution >= 0.6 is 0 Å². The number of nitrogens with zero attached hydrogens (tertiary/aromatic N) is 2. The molecule has 11 aromatic rings. The first-order valence-corrected chi connectivity index (χ1v) is 23.8. The van der Waals surface area contributed by atoms with E-state index in [2.05, 4.69) is 225 Å². The summed E-state index contributed by atoms with van der Waals surface area (Å²) >= 11 is 0. The van der Waals surface area contributed by atoms with Crippen LogP contribution in [0.25, 0.3) is 71.7 Å². The van der Waals surface area contributed by atoms with Crippen molar-refractivity contribution in [2.75, 3.05) is 4.90 Å². The van der Waals surface area contributed by atoms with Crippen molar-refractivity contribution in [3.63, 3.8) is 0 Å². The average Bonchev–Trinajstić information content (AvgIpc) is 3.91. The van der Waals surface area contributed by atoms with E-state index in [9.17, 15) is 0 Å². The Labute approximate surface area is 391 Å². The fraction of sp³-hybridized carbons (Fsp3) is 0.129. The van der Waals surface area contributed by atoms with Gasteiger partial charge >= 0.3 is 0 Å². The SMILES string of the molecule is CCCCc1c(N2c3ccc(-c4ccccc4)cc3B3c4ccc(-n5c6ccccc6c6ccccc65)cc4Oc4cc(C(C)(C)C)cc2c43)c(-c2ccccc2)cc2c1oc1ccccc12. The molecule has 0 bridgehead atoms. The highest BCUT2D eigenvalue weighted by atomic mass is 16.5. The van der Waals surface area contributed by atoms with E-state index in [0.717, 1.165) is 69.5 Å². The Morgan fingerprint density at radius 1 is 0.537 bits per heavy atom. The topological polar surface area (TPSA) is 30.5 Å². The molecule has 0 atom stereocenters. The van der Waals surface area contributed by atoms with Gasteiger partial charge in [0.25, 0.3) is 6.71 Å². The normalized spacial score (nSPS) is 13.0. The fourth-order valence-corrected chi connectivity index (χ4v) is 11.2. The lowest BCUT2D eigenvalue weighted by molar-refractivity contribution is 0.483. The standard InChI is InChI=1S/C62H49BN2O2/c1-5-6-23-47-60(48(40-21-11-8-12-22-40)38-49-46-26-15-18-29-56(46)67-61(47)49)65-54-33-30-41(39-19-9-7-10-20-39)34-51(54)63-50-32-31-43(64-52-27-16-13-24-44(52)45-25-14-17-28-53(45)64)37-57(50)66-58-36-42(62(2,3)4)35-55(65)59(58)63/h7-22,24-38H,5-6,23H2,1-4H3. The highest BCUT2D eigenvalue weighted by Crippen LogP contribution is 2.51. The smallest absolute Gasteiger partial charge is 0.256 e. The molecule has 0 aliphatic carbocycles. The molecular formula is C62H49BN2O2. The third-order valence-corrected chi connectivity index (χ3v) is 14.4.